The number of nitrogens with two attached hydrogens (primary N) is 1. The number of nitrogens with one attached hydrogen (secondary N) is 1. The highest BCUT2D eigenvalue weighted by Crippen LogP contribution is 2.29. The van der Waals surface area contributed by atoms with Gasteiger partial charge in [-0.05, 0) is 23.8 Å². The number of ether oxygens (including phenoxy) is 1. The molecular weight excluding hydrogens is 323 g/mol. The molecule has 1 aliphatic rings. The molecule has 3 heterocycles. The molecule has 0 bridgehead atoms. The maximum absolute atomic E-state index is 14.1. The molecule has 3 aromatic rings. The Morgan fingerprint density at radius 2 is 2.08 bits per heavy atom. The molecule has 130 valence electrons. The van der Waals surface area contributed by atoms with Crippen LogP contribution in [-0.4, -0.2) is 45.7 Å². The van der Waals surface area contributed by atoms with Crippen LogP contribution in [0.3, 0.4) is 0 Å². The van der Waals surface area contributed by atoms with Crippen LogP contribution in [0.5, 0.6) is 11.6 Å². The lowest BCUT2D eigenvalue weighted by Crippen LogP contribution is -2.42. The molecule has 1 aromatic carbocycles. The number of fused-ring (bicyclic) bond motifs is 1. The fraction of sp³-hybridized carbons (Fsp3) is 0.294. The maximum atomic E-state index is 14.1. The molecule has 2 aromatic heterocycles. The van der Waals surface area contributed by atoms with Gasteiger partial charge in [0, 0.05) is 50.7 Å². The number of nitrogen functional groups attached to an aromatic ring is 1. The monoisotopic (exact) mass is 342 g/mol. The maximum Gasteiger partial charge on any atom is 0.247 e. The molecule has 7 nitrogen and oxygen atoms in total. The van der Waals surface area contributed by atoms with Gasteiger partial charge in [0.1, 0.15) is 11.8 Å². The zero-order valence-corrected chi connectivity index (χ0v) is 13.7. The Balaban J connectivity index is 1.67. The zero-order valence-electron chi connectivity index (χ0n) is 13.7. The molecule has 1 fully saturated rings. The summed E-state index contributed by atoms with van der Waals surface area (Å²) in [6.07, 6.45) is 3.26. The van der Waals surface area contributed by atoms with Crippen LogP contribution in [0.4, 0.5) is 10.1 Å². The van der Waals surface area contributed by atoms with E-state index in [-0.39, 0.29) is 5.75 Å². The number of nitrogens with zero attached hydrogens (tertiary/aromatic N) is 4. The van der Waals surface area contributed by atoms with E-state index in [1.54, 1.807) is 10.6 Å². The highest BCUT2D eigenvalue weighted by molar-refractivity contribution is 5.63. The van der Waals surface area contributed by atoms with E-state index in [1.165, 1.54) is 18.5 Å². The normalized spacial score (nSPS) is 15.6. The van der Waals surface area contributed by atoms with Gasteiger partial charge in [-0.2, -0.15) is 10.1 Å². The minimum absolute atomic E-state index is 0.0872. The van der Waals surface area contributed by atoms with E-state index in [0.717, 1.165) is 43.8 Å². The molecule has 0 aliphatic carbocycles. The second kappa shape index (κ2) is 6.66. The van der Waals surface area contributed by atoms with Crippen LogP contribution < -0.4 is 15.8 Å². The molecule has 4 rings (SSSR count). The summed E-state index contributed by atoms with van der Waals surface area (Å²) in [5.41, 5.74) is 7.73. The van der Waals surface area contributed by atoms with E-state index in [9.17, 15) is 4.39 Å². The van der Waals surface area contributed by atoms with Crippen molar-refractivity contribution in [1.29, 1.82) is 0 Å². The van der Waals surface area contributed by atoms with Gasteiger partial charge in [-0.3, -0.25) is 4.90 Å². The molecular formula is C17H19FN6O. The number of hydrogen-bond acceptors (Lipinski definition) is 6. The Morgan fingerprint density at radius 1 is 1.24 bits per heavy atom. The highest BCUT2D eigenvalue weighted by atomic mass is 19.1. The first-order valence-corrected chi connectivity index (χ1v) is 8.18. The van der Waals surface area contributed by atoms with Crippen LogP contribution in [0.25, 0.3) is 5.52 Å². The van der Waals surface area contributed by atoms with E-state index >= 15 is 0 Å². The minimum Gasteiger partial charge on any atom is -0.434 e. The van der Waals surface area contributed by atoms with Gasteiger partial charge in [0.05, 0.1) is 0 Å². The molecule has 0 atom stereocenters. The van der Waals surface area contributed by atoms with Crippen LogP contribution in [0.1, 0.15) is 5.56 Å². The standard InChI is InChI=1S/C17H19FN6O/c18-14-9-13(19)1-2-15(14)25-17-16-12(3-6-24(16)22-11-21-17)10-23-7-4-20-5-8-23/h1-3,6,9,11,20H,4-5,7-8,10,19H2. The van der Waals surface area contributed by atoms with E-state index in [2.05, 4.69) is 20.3 Å². The third kappa shape index (κ3) is 3.26. The fourth-order valence-electron chi connectivity index (χ4n) is 3.00. The summed E-state index contributed by atoms with van der Waals surface area (Å²) >= 11 is 0. The fourth-order valence-corrected chi connectivity index (χ4v) is 3.00. The number of rotatable bonds is 4. The summed E-state index contributed by atoms with van der Waals surface area (Å²) in [7, 11) is 0. The van der Waals surface area contributed by atoms with Crippen LogP contribution in [0.15, 0.2) is 36.8 Å². The third-order valence-electron chi connectivity index (χ3n) is 4.27. The molecule has 1 saturated heterocycles. The van der Waals surface area contributed by atoms with E-state index in [4.69, 9.17) is 10.5 Å². The summed E-state index contributed by atoms with van der Waals surface area (Å²) in [6.45, 7) is 4.68. The Bertz CT molecular complexity index is 890. The average Bonchev–Trinajstić information content (AvgIpc) is 3.02. The van der Waals surface area contributed by atoms with Crippen LogP contribution >= 0.6 is 0 Å². The summed E-state index contributed by atoms with van der Waals surface area (Å²) < 4.78 is 21.5. The molecule has 25 heavy (non-hydrogen) atoms. The van der Waals surface area contributed by atoms with Gasteiger partial charge in [-0.25, -0.2) is 8.91 Å². The summed E-state index contributed by atoms with van der Waals surface area (Å²) in [4.78, 5) is 6.56. The molecule has 3 N–H and O–H groups in total. The lowest BCUT2D eigenvalue weighted by atomic mass is 10.2. The number of aromatic nitrogens is 3. The van der Waals surface area contributed by atoms with Crippen molar-refractivity contribution in [2.75, 3.05) is 31.9 Å². The number of hydrogen-bond donors (Lipinski definition) is 2. The molecule has 0 amide bonds. The molecule has 1 aliphatic heterocycles. The Morgan fingerprint density at radius 3 is 2.88 bits per heavy atom. The minimum atomic E-state index is -0.521. The van der Waals surface area contributed by atoms with Gasteiger partial charge in [0.25, 0.3) is 0 Å². The highest BCUT2D eigenvalue weighted by Gasteiger charge is 2.17. The van der Waals surface area contributed by atoms with E-state index in [0.29, 0.717) is 11.6 Å². The Kier molecular flexibility index (Phi) is 4.21. The smallest absolute Gasteiger partial charge is 0.247 e. The summed E-state index contributed by atoms with van der Waals surface area (Å²) in [5.74, 6) is -0.107. The Labute approximate surface area is 144 Å². The molecule has 0 saturated carbocycles. The SMILES string of the molecule is Nc1ccc(Oc2ncnn3ccc(CN4CCNCC4)c23)c(F)c1. The average molecular weight is 342 g/mol. The first-order chi connectivity index (χ1) is 12.2. The Hall–Kier alpha value is -2.71. The largest absolute Gasteiger partial charge is 0.434 e. The number of benzene rings is 1. The zero-order chi connectivity index (χ0) is 17.2. The van der Waals surface area contributed by atoms with E-state index in [1.807, 2.05) is 12.3 Å². The number of halogens is 1. The van der Waals surface area contributed by atoms with Gasteiger partial charge in [-0.1, -0.05) is 0 Å². The van der Waals surface area contributed by atoms with Crippen LogP contribution in [0.2, 0.25) is 0 Å². The van der Waals surface area contributed by atoms with Crippen molar-refractivity contribution in [3.8, 4) is 11.6 Å². The van der Waals surface area contributed by atoms with Gasteiger partial charge < -0.3 is 15.8 Å². The molecule has 0 spiro atoms. The first-order valence-electron chi connectivity index (χ1n) is 8.18. The predicted molar refractivity (Wildman–Crippen MR) is 92.0 cm³/mol. The van der Waals surface area contributed by atoms with Crippen molar-refractivity contribution in [3.05, 3.63) is 48.2 Å². The van der Waals surface area contributed by atoms with Crippen LogP contribution in [0, 0.1) is 5.82 Å². The summed E-state index contributed by atoms with van der Waals surface area (Å²) in [6, 6.07) is 6.32. The van der Waals surface area contributed by atoms with Crippen molar-refractivity contribution in [1.82, 2.24) is 24.8 Å². The van der Waals surface area contributed by atoms with Gasteiger partial charge >= 0.3 is 0 Å². The van der Waals surface area contributed by atoms with Gasteiger partial charge in [-0.15, -0.1) is 0 Å². The molecule has 8 heteroatoms. The lowest BCUT2D eigenvalue weighted by molar-refractivity contribution is 0.234. The molecule has 0 radical (unpaired) electrons. The van der Waals surface area contributed by atoms with Crippen molar-refractivity contribution < 1.29 is 9.13 Å². The summed E-state index contributed by atoms with van der Waals surface area (Å²) in [5, 5.41) is 7.55. The lowest BCUT2D eigenvalue weighted by Gasteiger charge is -2.26. The first kappa shape index (κ1) is 15.8. The van der Waals surface area contributed by atoms with E-state index < -0.39 is 5.82 Å². The second-order valence-electron chi connectivity index (χ2n) is 6.02. The number of anilines is 1. The molecule has 0 unspecified atom stereocenters. The van der Waals surface area contributed by atoms with Crippen molar-refractivity contribution in [3.63, 3.8) is 0 Å². The van der Waals surface area contributed by atoms with Crippen LogP contribution in [-0.2, 0) is 6.54 Å². The topological polar surface area (TPSA) is 80.7 Å². The quantitative estimate of drug-likeness (QED) is 0.702. The predicted octanol–water partition coefficient (Wildman–Crippen LogP) is 1.65. The number of piperazine rings is 1. The van der Waals surface area contributed by atoms with Crippen molar-refractivity contribution in [2.45, 2.75) is 6.54 Å². The van der Waals surface area contributed by atoms with Crippen molar-refractivity contribution in [2.24, 2.45) is 0 Å². The van der Waals surface area contributed by atoms with Gasteiger partial charge in [0.2, 0.25) is 5.88 Å². The second-order valence-corrected chi connectivity index (χ2v) is 6.02. The van der Waals surface area contributed by atoms with Gasteiger partial charge in [0.15, 0.2) is 11.6 Å². The third-order valence-corrected chi connectivity index (χ3v) is 4.27. The van der Waals surface area contributed by atoms with Crippen molar-refractivity contribution >= 4 is 11.2 Å².